The first-order valence-electron chi connectivity index (χ1n) is 8.52. The molecule has 0 aliphatic heterocycles. The summed E-state index contributed by atoms with van der Waals surface area (Å²) in [6.45, 7) is 4.10. The molecule has 0 saturated heterocycles. The predicted octanol–water partition coefficient (Wildman–Crippen LogP) is 4.11. The first kappa shape index (κ1) is 20.0. The summed E-state index contributed by atoms with van der Waals surface area (Å²) in [4.78, 5) is 22.8. The van der Waals surface area contributed by atoms with Gasteiger partial charge < -0.3 is 14.2 Å². The Kier molecular flexibility index (Phi) is 7.37. The molecule has 0 fully saturated rings. The van der Waals surface area contributed by atoms with Gasteiger partial charge in [-0.1, -0.05) is 36.4 Å². The van der Waals surface area contributed by atoms with Crippen molar-refractivity contribution < 1.29 is 23.9 Å². The number of carbonyl (C=O) groups is 1. The molecule has 0 aliphatic carbocycles. The Morgan fingerprint density at radius 2 is 1.78 bits per heavy atom. The van der Waals surface area contributed by atoms with E-state index in [-0.39, 0.29) is 37.0 Å². The summed E-state index contributed by atoms with van der Waals surface area (Å²) in [5, 5.41) is 11.4. The van der Waals surface area contributed by atoms with E-state index in [1.165, 1.54) is 18.2 Å². The molecule has 0 aliphatic rings. The number of nitro benzene ring substituents is 1. The average molecular weight is 371 g/mol. The van der Waals surface area contributed by atoms with E-state index < -0.39 is 10.9 Å². The van der Waals surface area contributed by atoms with E-state index >= 15 is 0 Å². The monoisotopic (exact) mass is 371 g/mol. The number of hydrogen-bond donors (Lipinski definition) is 0. The van der Waals surface area contributed by atoms with Crippen LogP contribution >= 0.6 is 0 Å². The summed E-state index contributed by atoms with van der Waals surface area (Å²) in [6.07, 6.45) is 1.41. The number of benzene rings is 2. The maximum absolute atomic E-state index is 11.9. The number of ether oxygens (including phenoxy) is 3. The highest BCUT2D eigenvalue weighted by atomic mass is 16.6. The molecule has 0 amide bonds. The van der Waals surface area contributed by atoms with Crippen LogP contribution < -0.4 is 4.74 Å². The van der Waals surface area contributed by atoms with Gasteiger partial charge >= 0.3 is 11.7 Å². The van der Waals surface area contributed by atoms with Crippen LogP contribution in [0, 0.1) is 10.1 Å². The van der Waals surface area contributed by atoms with Crippen LogP contribution in [0.3, 0.4) is 0 Å². The molecule has 0 saturated carbocycles. The van der Waals surface area contributed by atoms with Crippen molar-refractivity contribution in [1.29, 1.82) is 0 Å². The third-order valence-electron chi connectivity index (χ3n) is 3.49. The van der Waals surface area contributed by atoms with Gasteiger partial charge in [0.15, 0.2) is 5.75 Å². The van der Waals surface area contributed by atoms with Crippen molar-refractivity contribution in [2.75, 3.05) is 13.2 Å². The standard InChI is InChI=1S/C20H21NO6/c1-3-25-19(20(22)26-4-2)13-16-10-11-18(17(12-16)21(23)24)27-14-15-8-6-5-7-9-15/h5-13H,3-4,14H2,1-2H3. The van der Waals surface area contributed by atoms with Gasteiger partial charge in [-0.3, -0.25) is 10.1 Å². The van der Waals surface area contributed by atoms with Crippen molar-refractivity contribution >= 4 is 17.7 Å². The molecule has 7 heteroatoms. The summed E-state index contributed by atoms with van der Waals surface area (Å²) < 4.78 is 15.8. The Bertz CT molecular complexity index is 816. The van der Waals surface area contributed by atoms with E-state index in [1.54, 1.807) is 19.9 Å². The van der Waals surface area contributed by atoms with Crippen LogP contribution in [0.5, 0.6) is 5.75 Å². The lowest BCUT2D eigenvalue weighted by Gasteiger charge is -2.09. The van der Waals surface area contributed by atoms with E-state index in [1.807, 2.05) is 30.3 Å². The third-order valence-corrected chi connectivity index (χ3v) is 3.49. The zero-order valence-electron chi connectivity index (χ0n) is 15.2. The molecule has 0 atom stereocenters. The Morgan fingerprint density at radius 1 is 1.07 bits per heavy atom. The van der Waals surface area contributed by atoms with Crippen LogP contribution in [-0.4, -0.2) is 24.1 Å². The number of carbonyl (C=O) groups excluding carboxylic acids is 1. The molecule has 2 aromatic carbocycles. The van der Waals surface area contributed by atoms with Gasteiger partial charge in [0, 0.05) is 6.07 Å². The van der Waals surface area contributed by atoms with Gasteiger partial charge in [-0.05, 0) is 37.1 Å². The Balaban J connectivity index is 2.26. The topological polar surface area (TPSA) is 87.9 Å². The first-order valence-corrected chi connectivity index (χ1v) is 8.52. The molecule has 0 spiro atoms. The zero-order chi connectivity index (χ0) is 19.6. The Morgan fingerprint density at radius 3 is 2.41 bits per heavy atom. The highest BCUT2D eigenvalue weighted by molar-refractivity contribution is 5.91. The minimum absolute atomic E-state index is 0.00778. The number of hydrogen-bond acceptors (Lipinski definition) is 6. The second-order valence-electron chi connectivity index (χ2n) is 5.42. The summed E-state index contributed by atoms with van der Waals surface area (Å²) in [7, 11) is 0. The lowest BCUT2D eigenvalue weighted by Crippen LogP contribution is -2.10. The number of nitro groups is 1. The highest BCUT2D eigenvalue weighted by Gasteiger charge is 2.18. The van der Waals surface area contributed by atoms with Crippen LogP contribution in [0.25, 0.3) is 6.08 Å². The zero-order valence-corrected chi connectivity index (χ0v) is 15.2. The number of rotatable bonds is 9. The lowest BCUT2D eigenvalue weighted by atomic mass is 10.1. The molecule has 0 heterocycles. The lowest BCUT2D eigenvalue weighted by molar-refractivity contribution is -0.386. The number of esters is 1. The second kappa shape index (κ2) is 9.96. The number of nitrogens with zero attached hydrogens (tertiary/aromatic N) is 1. The van der Waals surface area contributed by atoms with Gasteiger partial charge in [-0.15, -0.1) is 0 Å². The summed E-state index contributed by atoms with van der Waals surface area (Å²) in [5.74, 6) is -0.479. The van der Waals surface area contributed by atoms with Gasteiger partial charge in [-0.2, -0.15) is 0 Å². The molecular formula is C20H21NO6. The molecule has 27 heavy (non-hydrogen) atoms. The average Bonchev–Trinajstić information content (AvgIpc) is 2.67. The van der Waals surface area contributed by atoms with Gasteiger partial charge in [0.1, 0.15) is 6.61 Å². The molecule has 0 bridgehead atoms. The van der Waals surface area contributed by atoms with Crippen molar-refractivity contribution in [2.45, 2.75) is 20.5 Å². The van der Waals surface area contributed by atoms with Crippen LogP contribution in [-0.2, 0) is 20.9 Å². The van der Waals surface area contributed by atoms with Crippen molar-refractivity contribution in [3.05, 3.63) is 75.5 Å². The van der Waals surface area contributed by atoms with Crippen LogP contribution in [0.2, 0.25) is 0 Å². The predicted molar refractivity (Wildman–Crippen MR) is 100 cm³/mol. The molecule has 2 rings (SSSR count). The maximum atomic E-state index is 11.9. The molecule has 2 aromatic rings. The van der Waals surface area contributed by atoms with E-state index in [0.29, 0.717) is 5.56 Å². The van der Waals surface area contributed by atoms with E-state index in [0.717, 1.165) is 5.56 Å². The second-order valence-corrected chi connectivity index (χ2v) is 5.42. The molecule has 0 unspecified atom stereocenters. The summed E-state index contributed by atoms with van der Waals surface area (Å²) >= 11 is 0. The quantitative estimate of drug-likeness (QED) is 0.217. The van der Waals surface area contributed by atoms with Gasteiger partial charge in [0.25, 0.3) is 0 Å². The largest absolute Gasteiger partial charge is 0.487 e. The molecule has 0 aromatic heterocycles. The minimum Gasteiger partial charge on any atom is -0.487 e. The normalized spacial score (nSPS) is 11.0. The third kappa shape index (κ3) is 5.85. The summed E-state index contributed by atoms with van der Waals surface area (Å²) in [5.41, 5.74) is 1.14. The fourth-order valence-electron chi connectivity index (χ4n) is 2.29. The Hall–Kier alpha value is -3.35. The molecule has 0 radical (unpaired) electrons. The van der Waals surface area contributed by atoms with E-state index in [2.05, 4.69) is 0 Å². The van der Waals surface area contributed by atoms with Crippen LogP contribution in [0.4, 0.5) is 5.69 Å². The van der Waals surface area contributed by atoms with Crippen molar-refractivity contribution in [1.82, 2.24) is 0 Å². The first-order chi connectivity index (χ1) is 13.0. The SMILES string of the molecule is CCOC(=O)C(=Cc1ccc(OCc2ccccc2)c([N+](=O)[O-])c1)OCC. The van der Waals surface area contributed by atoms with E-state index in [9.17, 15) is 14.9 Å². The molecule has 7 nitrogen and oxygen atoms in total. The molecular weight excluding hydrogens is 350 g/mol. The fourth-order valence-corrected chi connectivity index (χ4v) is 2.29. The minimum atomic E-state index is -0.619. The van der Waals surface area contributed by atoms with Crippen molar-refractivity contribution in [2.24, 2.45) is 0 Å². The van der Waals surface area contributed by atoms with Crippen LogP contribution in [0.1, 0.15) is 25.0 Å². The van der Waals surface area contributed by atoms with Crippen molar-refractivity contribution in [3.63, 3.8) is 0 Å². The molecule has 0 N–H and O–H groups in total. The summed E-state index contributed by atoms with van der Waals surface area (Å²) in [6, 6.07) is 13.8. The maximum Gasteiger partial charge on any atom is 0.373 e. The Labute approximate surface area is 157 Å². The smallest absolute Gasteiger partial charge is 0.373 e. The van der Waals surface area contributed by atoms with E-state index in [4.69, 9.17) is 14.2 Å². The highest BCUT2D eigenvalue weighted by Crippen LogP contribution is 2.29. The van der Waals surface area contributed by atoms with Gasteiger partial charge in [0.2, 0.25) is 5.76 Å². The molecule has 142 valence electrons. The fraction of sp³-hybridized carbons (Fsp3) is 0.250. The van der Waals surface area contributed by atoms with Gasteiger partial charge in [0.05, 0.1) is 18.1 Å². The van der Waals surface area contributed by atoms with Gasteiger partial charge in [-0.25, -0.2) is 4.79 Å². The van der Waals surface area contributed by atoms with Crippen molar-refractivity contribution in [3.8, 4) is 5.75 Å². The van der Waals surface area contributed by atoms with Crippen LogP contribution in [0.15, 0.2) is 54.3 Å².